The molecule has 6 nitrogen and oxygen atoms in total. The van der Waals surface area contributed by atoms with Crippen molar-refractivity contribution < 1.29 is 9.90 Å². The molecule has 0 aliphatic carbocycles. The van der Waals surface area contributed by atoms with Crippen molar-refractivity contribution in [2.45, 2.75) is 19.4 Å². The first kappa shape index (κ1) is 11.3. The van der Waals surface area contributed by atoms with Crippen molar-refractivity contribution in [2.24, 2.45) is 0 Å². The first-order valence-corrected chi connectivity index (χ1v) is 5.18. The predicted octanol–water partition coefficient (Wildman–Crippen LogP) is 1.38. The minimum Gasteiger partial charge on any atom is -0.481 e. The fraction of sp³-hybridized carbons (Fsp3) is 0.273. The average Bonchev–Trinajstić information content (AvgIpc) is 2.78. The van der Waals surface area contributed by atoms with Crippen LogP contribution in [-0.4, -0.2) is 30.8 Å². The summed E-state index contributed by atoms with van der Waals surface area (Å²) in [5.41, 5.74) is 1.74. The van der Waals surface area contributed by atoms with E-state index < -0.39 is 5.97 Å². The Bertz CT molecular complexity index is 509. The van der Waals surface area contributed by atoms with E-state index in [2.05, 4.69) is 15.1 Å². The van der Waals surface area contributed by atoms with Gasteiger partial charge in [-0.1, -0.05) is 0 Å². The quantitative estimate of drug-likeness (QED) is 0.861. The molecule has 6 heteroatoms. The molecule has 88 valence electrons. The van der Waals surface area contributed by atoms with Gasteiger partial charge in [0.05, 0.1) is 18.7 Å². The van der Waals surface area contributed by atoms with Crippen molar-refractivity contribution in [1.29, 1.82) is 0 Å². The number of aromatic nitrogens is 4. The lowest BCUT2D eigenvalue weighted by Crippen LogP contribution is -2.10. The molecule has 1 unspecified atom stereocenters. The molecule has 0 aromatic carbocycles. The molecule has 0 saturated carbocycles. The van der Waals surface area contributed by atoms with Crippen molar-refractivity contribution >= 4 is 5.97 Å². The summed E-state index contributed by atoms with van der Waals surface area (Å²) < 4.78 is 1.64. The maximum Gasteiger partial charge on any atom is 0.305 e. The van der Waals surface area contributed by atoms with Gasteiger partial charge in [0.1, 0.15) is 6.33 Å². The number of carbonyl (C=O) groups is 1. The van der Waals surface area contributed by atoms with Gasteiger partial charge in [-0.15, -0.1) is 0 Å². The highest BCUT2D eigenvalue weighted by Crippen LogP contribution is 2.18. The largest absolute Gasteiger partial charge is 0.481 e. The van der Waals surface area contributed by atoms with Gasteiger partial charge in [0, 0.05) is 29.7 Å². The molecule has 0 amide bonds. The normalized spacial score (nSPS) is 12.3. The van der Waals surface area contributed by atoms with Crippen LogP contribution < -0.4 is 0 Å². The van der Waals surface area contributed by atoms with Crippen LogP contribution >= 0.6 is 0 Å². The van der Waals surface area contributed by atoms with Gasteiger partial charge in [-0.2, -0.15) is 5.10 Å². The Morgan fingerprint density at radius 1 is 1.35 bits per heavy atom. The van der Waals surface area contributed by atoms with Gasteiger partial charge in [0.15, 0.2) is 0 Å². The standard InChI is InChI=1S/C11H12N4O2/c1-8(2-11(16)17)15-6-10(5-14-15)9-3-12-7-13-4-9/h3-8H,2H2,1H3,(H,16,17). The second-order valence-corrected chi connectivity index (χ2v) is 3.78. The molecule has 0 saturated heterocycles. The number of rotatable bonds is 4. The van der Waals surface area contributed by atoms with Crippen molar-refractivity contribution in [1.82, 2.24) is 19.7 Å². The first-order chi connectivity index (χ1) is 8.16. The third-order valence-corrected chi connectivity index (χ3v) is 2.42. The van der Waals surface area contributed by atoms with Crippen LogP contribution in [0, 0.1) is 0 Å². The van der Waals surface area contributed by atoms with Gasteiger partial charge < -0.3 is 5.11 Å². The molecule has 1 N–H and O–H groups in total. The summed E-state index contributed by atoms with van der Waals surface area (Å²) in [5.74, 6) is -0.836. The summed E-state index contributed by atoms with van der Waals surface area (Å²) in [6.07, 6.45) is 8.36. The van der Waals surface area contributed by atoms with Crippen LogP contribution in [0.1, 0.15) is 19.4 Å². The monoisotopic (exact) mass is 232 g/mol. The number of carboxylic acids is 1. The Kier molecular flexibility index (Phi) is 3.13. The maximum atomic E-state index is 10.6. The van der Waals surface area contributed by atoms with E-state index in [-0.39, 0.29) is 12.5 Å². The van der Waals surface area contributed by atoms with Crippen molar-refractivity contribution in [3.05, 3.63) is 31.1 Å². The van der Waals surface area contributed by atoms with Gasteiger partial charge in [-0.3, -0.25) is 9.48 Å². The van der Waals surface area contributed by atoms with Crippen LogP contribution in [-0.2, 0) is 4.79 Å². The third-order valence-electron chi connectivity index (χ3n) is 2.42. The molecule has 0 fully saturated rings. The molecule has 2 heterocycles. The van der Waals surface area contributed by atoms with Crippen LogP contribution in [0.5, 0.6) is 0 Å². The van der Waals surface area contributed by atoms with Gasteiger partial charge >= 0.3 is 5.97 Å². The van der Waals surface area contributed by atoms with Crippen LogP contribution in [0.4, 0.5) is 0 Å². The van der Waals surface area contributed by atoms with Crippen LogP contribution in [0.15, 0.2) is 31.1 Å². The second kappa shape index (κ2) is 4.73. The molecule has 2 aromatic rings. The average molecular weight is 232 g/mol. The Morgan fingerprint density at radius 2 is 2.06 bits per heavy atom. The smallest absolute Gasteiger partial charge is 0.305 e. The first-order valence-electron chi connectivity index (χ1n) is 5.18. The molecule has 0 spiro atoms. The lowest BCUT2D eigenvalue weighted by Gasteiger charge is -2.08. The summed E-state index contributed by atoms with van der Waals surface area (Å²) in [6.45, 7) is 1.81. The molecule has 1 atom stereocenters. The van der Waals surface area contributed by atoms with E-state index in [0.717, 1.165) is 11.1 Å². The molecule has 0 radical (unpaired) electrons. The van der Waals surface area contributed by atoms with Crippen LogP contribution in [0.3, 0.4) is 0 Å². The molecule has 17 heavy (non-hydrogen) atoms. The molecule has 0 aliphatic heterocycles. The van der Waals surface area contributed by atoms with Gasteiger partial charge in [0.2, 0.25) is 0 Å². The highest BCUT2D eigenvalue weighted by atomic mass is 16.4. The number of hydrogen-bond donors (Lipinski definition) is 1. The van der Waals surface area contributed by atoms with E-state index in [1.807, 2.05) is 6.92 Å². The molecule has 2 aromatic heterocycles. The third kappa shape index (κ3) is 2.66. The van der Waals surface area contributed by atoms with Crippen LogP contribution in [0.25, 0.3) is 11.1 Å². The highest BCUT2D eigenvalue weighted by Gasteiger charge is 2.11. The number of hydrogen-bond acceptors (Lipinski definition) is 4. The maximum absolute atomic E-state index is 10.6. The number of carboxylic acid groups (broad SMARTS) is 1. The Balaban J connectivity index is 2.19. The predicted molar refractivity (Wildman–Crippen MR) is 60.2 cm³/mol. The summed E-state index contributed by atoms with van der Waals surface area (Å²) in [5, 5.41) is 12.9. The number of nitrogens with zero attached hydrogens (tertiary/aromatic N) is 4. The summed E-state index contributed by atoms with van der Waals surface area (Å²) in [6, 6.07) is -0.175. The van der Waals surface area contributed by atoms with E-state index in [9.17, 15) is 4.79 Å². The van der Waals surface area contributed by atoms with Gasteiger partial charge in [-0.25, -0.2) is 9.97 Å². The van der Waals surface area contributed by atoms with Crippen LogP contribution in [0.2, 0.25) is 0 Å². The van der Waals surface area contributed by atoms with E-state index in [1.54, 1.807) is 29.5 Å². The topological polar surface area (TPSA) is 80.9 Å². The van der Waals surface area contributed by atoms with E-state index in [0.29, 0.717) is 0 Å². The van der Waals surface area contributed by atoms with Gasteiger partial charge in [0.25, 0.3) is 0 Å². The number of aliphatic carboxylic acids is 1. The molecule has 2 rings (SSSR count). The van der Waals surface area contributed by atoms with Crippen molar-refractivity contribution in [3.63, 3.8) is 0 Å². The lowest BCUT2D eigenvalue weighted by atomic mass is 10.2. The Hall–Kier alpha value is -2.24. The fourth-order valence-corrected chi connectivity index (χ4v) is 1.52. The van der Waals surface area contributed by atoms with E-state index in [1.165, 1.54) is 6.33 Å². The Morgan fingerprint density at radius 3 is 2.71 bits per heavy atom. The highest BCUT2D eigenvalue weighted by molar-refractivity contribution is 5.67. The second-order valence-electron chi connectivity index (χ2n) is 3.78. The zero-order valence-corrected chi connectivity index (χ0v) is 9.32. The SMILES string of the molecule is CC(CC(=O)O)n1cc(-c2cncnc2)cn1. The summed E-state index contributed by atoms with van der Waals surface area (Å²) in [4.78, 5) is 18.4. The lowest BCUT2D eigenvalue weighted by molar-refractivity contribution is -0.137. The summed E-state index contributed by atoms with van der Waals surface area (Å²) in [7, 11) is 0. The molecule has 0 bridgehead atoms. The van der Waals surface area contributed by atoms with Crippen molar-refractivity contribution in [2.75, 3.05) is 0 Å². The fourth-order valence-electron chi connectivity index (χ4n) is 1.52. The minimum atomic E-state index is -0.836. The van der Waals surface area contributed by atoms with Crippen molar-refractivity contribution in [3.8, 4) is 11.1 Å². The summed E-state index contributed by atoms with van der Waals surface area (Å²) >= 11 is 0. The van der Waals surface area contributed by atoms with E-state index in [4.69, 9.17) is 5.11 Å². The Labute approximate surface area is 98.0 Å². The molecular formula is C11H12N4O2. The zero-order valence-electron chi connectivity index (χ0n) is 9.32. The van der Waals surface area contributed by atoms with Gasteiger partial charge in [-0.05, 0) is 6.92 Å². The molecule has 0 aliphatic rings. The zero-order chi connectivity index (χ0) is 12.3. The van der Waals surface area contributed by atoms with E-state index >= 15 is 0 Å². The minimum absolute atomic E-state index is 0.0480. The molecular weight excluding hydrogens is 220 g/mol.